The molecule has 0 radical (unpaired) electrons. The lowest BCUT2D eigenvalue weighted by Gasteiger charge is -2.20. The van der Waals surface area contributed by atoms with Crippen LogP contribution in [-0.4, -0.2) is 36.3 Å². The number of amides is 2. The Morgan fingerprint density at radius 1 is 1.15 bits per heavy atom. The summed E-state index contributed by atoms with van der Waals surface area (Å²) < 4.78 is 0.851. The molecule has 0 spiro atoms. The van der Waals surface area contributed by atoms with Crippen LogP contribution in [0.2, 0.25) is 0 Å². The summed E-state index contributed by atoms with van der Waals surface area (Å²) in [7, 11) is 0. The maximum atomic E-state index is 12.1. The zero-order valence-corrected chi connectivity index (χ0v) is 13.0. The Morgan fingerprint density at radius 2 is 1.85 bits per heavy atom. The van der Waals surface area contributed by atoms with Crippen molar-refractivity contribution >= 4 is 27.7 Å². The van der Waals surface area contributed by atoms with Crippen molar-refractivity contribution in [3.05, 3.63) is 34.3 Å². The summed E-state index contributed by atoms with van der Waals surface area (Å²) in [6.45, 7) is 1.70. The van der Waals surface area contributed by atoms with Crippen LogP contribution >= 0.6 is 15.9 Å². The molecule has 0 aliphatic carbocycles. The second kappa shape index (κ2) is 7.43. The van der Waals surface area contributed by atoms with Gasteiger partial charge in [-0.1, -0.05) is 34.8 Å². The van der Waals surface area contributed by atoms with Crippen LogP contribution in [-0.2, 0) is 4.79 Å². The number of halogens is 1. The molecule has 2 amide bonds. The molecule has 108 valence electrons. The predicted octanol–water partition coefficient (Wildman–Crippen LogP) is 2.58. The minimum Gasteiger partial charge on any atom is -0.343 e. The van der Waals surface area contributed by atoms with Gasteiger partial charge >= 0.3 is 0 Å². The van der Waals surface area contributed by atoms with Gasteiger partial charge in [-0.3, -0.25) is 9.59 Å². The molecule has 1 aliphatic rings. The summed E-state index contributed by atoms with van der Waals surface area (Å²) in [6.07, 6.45) is 4.50. The third-order valence-electron chi connectivity index (χ3n) is 3.45. The first-order chi connectivity index (χ1) is 9.66. The number of hydrogen-bond donors (Lipinski definition) is 1. The fourth-order valence-corrected chi connectivity index (χ4v) is 2.72. The van der Waals surface area contributed by atoms with Gasteiger partial charge in [-0.25, -0.2) is 0 Å². The zero-order chi connectivity index (χ0) is 14.4. The molecule has 1 fully saturated rings. The topological polar surface area (TPSA) is 49.4 Å². The Kier molecular flexibility index (Phi) is 5.59. The Morgan fingerprint density at radius 3 is 2.50 bits per heavy atom. The maximum absolute atomic E-state index is 12.1. The van der Waals surface area contributed by atoms with Gasteiger partial charge in [0.1, 0.15) is 0 Å². The summed E-state index contributed by atoms with van der Waals surface area (Å²) in [6, 6.07) is 7.14. The summed E-state index contributed by atoms with van der Waals surface area (Å²) in [5.41, 5.74) is 0.558. The van der Waals surface area contributed by atoms with Gasteiger partial charge in [0.15, 0.2) is 0 Å². The largest absolute Gasteiger partial charge is 0.343 e. The fraction of sp³-hybridized carbons (Fsp3) is 0.467. The third-order valence-corrected chi connectivity index (χ3v) is 3.94. The molecular formula is C15H19BrN2O2. The van der Waals surface area contributed by atoms with E-state index in [1.165, 1.54) is 12.8 Å². The lowest BCUT2D eigenvalue weighted by Crippen LogP contribution is -2.40. The molecule has 1 saturated heterocycles. The van der Waals surface area contributed by atoms with Crippen molar-refractivity contribution < 1.29 is 9.59 Å². The van der Waals surface area contributed by atoms with Gasteiger partial charge in [-0.05, 0) is 31.0 Å². The number of carbonyl (C=O) groups is 2. The van der Waals surface area contributed by atoms with Crippen molar-refractivity contribution in [1.82, 2.24) is 10.2 Å². The van der Waals surface area contributed by atoms with E-state index in [9.17, 15) is 9.59 Å². The molecule has 1 aromatic carbocycles. The molecule has 2 rings (SSSR count). The highest BCUT2D eigenvalue weighted by Gasteiger charge is 2.16. The number of rotatable bonds is 3. The highest BCUT2D eigenvalue weighted by atomic mass is 79.9. The van der Waals surface area contributed by atoms with Crippen molar-refractivity contribution in [1.29, 1.82) is 0 Å². The quantitative estimate of drug-likeness (QED) is 0.920. The highest BCUT2D eigenvalue weighted by Crippen LogP contribution is 2.12. The number of carbonyl (C=O) groups excluding carboxylic acids is 2. The first-order valence-corrected chi connectivity index (χ1v) is 7.77. The van der Waals surface area contributed by atoms with Gasteiger partial charge in [-0.2, -0.15) is 0 Å². The van der Waals surface area contributed by atoms with Gasteiger partial charge in [0, 0.05) is 23.1 Å². The molecule has 0 atom stereocenters. The molecule has 4 nitrogen and oxygen atoms in total. The Hall–Kier alpha value is -1.36. The Balaban J connectivity index is 1.84. The van der Waals surface area contributed by atoms with Crippen molar-refractivity contribution in [2.75, 3.05) is 19.6 Å². The Bertz CT molecular complexity index is 483. The molecule has 5 heteroatoms. The maximum Gasteiger partial charge on any atom is 0.251 e. The minimum atomic E-state index is -0.213. The molecule has 0 aromatic heterocycles. The second-order valence-corrected chi connectivity index (χ2v) is 5.90. The number of nitrogens with zero attached hydrogens (tertiary/aromatic N) is 1. The van der Waals surface area contributed by atoms with Crippen molar-refractivity contribution in [2.45, 2.75) is 25.7 Å². The van der Waals surface area contributed by atoms with Crippen LogP contribution in [0.15, 0.2) is 28.7 Å². The van der Waals surface area contributed by atoms with Gasteiger partial charge in [0.25, 0.3) is 5.91 Å². The van der Waals surface area contributed by atoms with Gasteiger partial charge in [0.05, 0.1) is 6.54 Å². The average molecular weight is 339 g/mol. The second-order valence-electron chi connectivity index (χ2n) is 4.99. The highest BCUT2D eigenvalue weighted by molar-refractivity contribution is 9.10. The first-order valence-electron chi connectivity index (χ1n) is 6.98. The number of likely N-dealkylation sites (tertiary alicyclic amines) is 1. The van der Waals surface area contributed by atoms with Gasteiger partial charge in [0.2, 0.25) is 5.91 Å². The van der Waals surface area contributed by atoms with Crippen LogP contribution in [0.25, 0.3) is 0 Å². The van der Waals surface area contributed by atoms with Crippen LogP contribution in [0.1, 0.15) is 36.0 Å². The van der Waals surface area contributed by atoms with E-state index in [1.807, 2.05) is 11.0 Å². The molecule has 0 unspecified atom stereocenters. The summed E-state index contributed by atoms with van der Waals surface area (Å²) in [4.78, 5) is 25.9. The first kappa shape index (κ1) is 15.0. The molecule has 1 heterocycles. The predicted molar refractivity (Wildman–Crippen MR) is 81.5 cm³/mol. The Labute approximate surface area is 127 Å². The van der Waals surface area contributed by atoms with E-state index in [-0.39, 0.29) is 18.4 Å². The van der Waals surface area contributed by atoms with E-state index in [4.69, 9.17) is 0 Å². The van der Waals surface area contributed by atoms with Crippen molar-refractivity contribution in [3.8, 4) is 0 Å². The average Bonchev–Trinajstić information content (AvgIpc) is 2.73. The van der Waals surface area contributed by atoms with E-state index in [1.54, 1.807) is 18.2 Å². The molecule has 1 aliphatic heterocycles. The minimum absolute atomic E-state index is 0.00949. The lowest BCUT2D eigenvalue weighted by atomic mass is 10.2. The molecule has 0 bridgehead atoms. The van der Waals surface area contributed by atoms with E-state index in [0.717, 1.165) is 30.4 Å². The summed E-state index contributed by atoms with van der Waals surface area (Å²) in [5.74, 6) is -0.204. The van der Waals surface area contributed by atoms with E-state index in [0.29, 0.717) is 5.56 Å². The van der Waals surface area contributed by atoms with E-state index >= 15 is 0 Å². The van der Waals surface area contributed by atoms with Crippen LogP contribution in [0.5, 0.6) is 0 Å². The number of nitrogens with one attached hydrogen (secondary N) is 1. The fourth-order valence-electron chi connectivity index (χ4n) is 2.32. The summed E-state index contributed by atoms with van der Waals surface area (Å²) in [5, 5.41) is 2.69. The van der Waals surface area contributed by atoms with Gasteiger partial charge < -0.3 is 10.2 Å². The molecule has 0 saturated carbocycles. The van der Waals surface area contributed by atoms with Crippen molar-refractivity contribution in [2.24, 2.45) is 0 Å². The third kappa shape index (κ3) is 4.34. The standard InChI is InChI=1S/C15H19BrN2O2/c16-13-7-5-6-12(10-13)15(20)17-11-14(19)18-8-3-1-2-4-9-18/h5-7,10H,1-4,8-9,11H2,(H,17,20). The SMILES string of the molecule is O=C(NCC(=O)N1CCCCCC1)c1cccc(Br)c1. The zero-order valence-electron chi connectivity index (χ0n) is 11.4. The molecule has 1 N–H and O–H groups in total. The van der Waals surface area contributed by atoms with Crippen LogP contribution in [0.4, 0.5) is 0 Å². The lowest BCUT2D eigenvalue weighted by molar-refractivity contribution is -0.130. The smallest absolute Gasteiger partial charge is 0.251 e. The van der Waals surface area contributed by atoms with Crippen molar-refractivity contribution in [3.63, 3.8) is 0 Å². The molecular weight excluding hydrogens is 320 g/mol. The number of benzene rings is 1. The molecule has 1 aromatic rings. The van der Waals surface area contributed by atoms with E-state index in [2.05, 4.69) is 21.2 Å². The van der Waals surface area contributed by atoms with Gasteiger partial charge in [-0.15, -0.1) is 0 Å². The normalized spacial score (nSPS) is 15.6. The van der Waals surface area contributed by atoms with Crippen LogP contribution in [0.3, 0.4) is 0 Å². The monoisotopic (exact) mass is 338 g/mol. The van der Waals surface area contributed by atoms with Crippen LogP contribution < -0.4 is 5.32 Å². The molecule has 20 heavy (non-hydrogen) atoms. The number of hydrogen-bond acceptors (Lipinski definition) is 2. The van der Waals surface area contributed by atoms with E-state index < -0.39 is 0 Å². The van der Waals surface area contributed by atoms with Crippen LogP contribution in [0, 0.1) is 0 Å². The summed E-state index contributed by atoms with van der Waals surface area (Å²) >= 11 is 3.33.